The van der Waals surface area contributed by atoms with Gasteiger partial charge in [0.05, 0.1) is 0 Å². The Morgan fingerprint density at radius 3 is 2.78 bits per heavy atom. The van der Waals surface area contributed by atoms with Gasteiger partial charge in [-0.1, -0.05) is 58.0 Å². The lowest BCUT2D eigenvalue weighted by atomic mass is 9.55. The largest absolute Gasteiger partial charge is 0.176 e. The van der Waals surface area contributed by atoms with E-state index in [2.05, 4.69) is 65.1 Å². The summed E-state index contributed by atoms with van der Waals surface area (Å²) in [5.74, 6) is 0.863. The molecule has 1 saturated carbocycles. The van der Waals surface area contributed by atoms with Crippen LogP contribution in [-0.2, 0) is 19.3 Å². The zero-order chi connectivity index (χ0) is 19.7. The van der Waals surface area contributed by atoms with Crippen molar-refractivity contribution in [3.8, 4) is 0 Å². The maximum Gasteiger partial charge on any atom is -0.00115 e. The first-order chi connectivity index (χ1) is 12.8. The monoisotopic (exact) mass is 384 g/mol. The minimum atomic E-state index is 0.456. The lowest BCUT2D eigenvalue weighted by Crippen LogP contribution is -2.44. The standard InChI is InChI=1S/C26H40S/c1-6-19(2)9-7-10-21-11-8-12-22-17-26(5)23(14-13-20(3)27)15-16-25(26,4)18-24(21)22/h8,11-12,20,23,27H,2,6-7,9-10,13-18H2,1,3-5H3/t20-,23+,25-,26-/m1/s1. The highest BCUT2D eigenvalue weighted by Crippen LogP contribution is 2.63. The van der Waals surface area contributed by atoms with Gasteiger partial charge in [0.2, 0.25) is 0 Å². The van der Waals surface area contributed by atoms with Gasteiger partial charge >= 0.3 is 0 Å². The van der Waals surface area contributed by atoms with E-state index in [4.69, 9.17) is 0 Å². The van der Waals surface area contributed by atoms with Crippen molar-refractivity contribution in [3.05, 3.63) is 47.0 Å². The summed E-state index contributed by atoms with van der Waals surface area (Å²) in [4.78, 5) is 0. The normalized spacial score (nSPS) is 30.6. The van der Waals surface area contributed by atoms with Crippen LogP contribution in [0.4, 0.5) is 0 Å². The van der Waals surface area contributed by atoms with Crippen LogP contribution in [-0.4, -0.2) is 5.25 Å². The number of hydrogen-bond acceptors (Lipinski definition) is 1. The van der Waals surface area contributed by atoms with Gasteiger partial charge in [-0.05, 0) is 103 Å². The molecule has 2 aliphatic rings. The van der Waals surface area contributed by atoms with E-state index in [-0.39, 0.29) is 0 Å². The predicted molar refractivity (Wildman–Crippen MR) is 123 cm³/mol. The topological polar surface area (TPSA) is 0 Å². The Morgan fingerprint density at radius 1 is 1.30 bits per heavy atom. The van der Waals surface area contributed by atoms with Gasteiger partial charge in [0.25, 0.3) is 0 Å². The first-order valence-electron chi connectivity index (χ1n) is 11.2. The third-order valence-electron chi connectivity index (χ3n) is 8.23. The van der Waals surface area contributed by atoms with Crippen molar-refractivity contribution < 1.29 is 0 Å². The molecule has 0 aliphatic heterocycles. The van der Waals surface area contributed by atoms with E-state index in [0.717, 1.165) is 12.3 Å². The van der Waals surface area contributed by atoms with Crippen LogP contribution in [0.1, 0.15) is 89.3 Å². The fourth-order valence-electron chi connectivity index (χ4n) is 5.95. The van der Waals surface area contributed by atoms with Crippen LogP contribution in [0.3, 0.4) is 0 Å². The number of rotatable bonds is 8. The SMILES string of the molecule is C=C(CC)CCCc1cccc2c1C[C@@]1(C)CC[C@H](CC[C@@H](C)S)[C@@]1(C)C2. The number of aryl methyl sites for hydroxylation is 1. The molecule has 0 spiro atoms. The van der Waals surface area contributed by atoms with Crippen molar-refractivity contribution >= 4 is 12.6 Å². The molecule has 4 atom stereocenters. The summed E-state index contributed by atoms with van der Waals surface area (Å²) in [5.41, 5.74) is 7.28. The quantitative estimate of drug-likeness (QED) is 0.346. The van der Waals surface area contributed by atoms with Crippen molar-refractivity contribution in [2.75, 3.05) is 0 Å². The average Bonchev–Trinajstić information content (AvgIpc) is 2.88. The van der Waals surface area contributed by atoms with Crippen LogP contribution in [0.2, 0.25) is 0 Å². The van der Waals surface area contributed by atoms with E-state index < -0.39 is 0 Å². The van der Waals surface area contributed by atoms with Crippen molar-refractivity contribution in [1.82, 2.24) is 0 Å². The Morgan fingerprint density at radius 2 is 2.07 bits per heavy atom. The van der Waals surface area contributed by atoms with E-state index in [1.165, 1.54) is 63.4 Å². The average molecular weight is 385 g/mol. The molecule has 2 aliphatic carbocycles. The Hall–Kier alpha value is -0.690. The van der Waals surface area contributed by atoms with Gasteiger partial charge in [-0.25, -0.2) is 0 Å². The molecule has 3 rings (SSSR count). The molecule has 27 heavy (non-hydrogen) atoms. The summed E-state index contributed by atoms with van der Waals surface area (Å²) in [6.45, 7) is 13.9. The molecule has 1 aromatic rings. The third-order valence-corrected chi connectivity index (χ3v) is 8.49. The van der Waals surface area contributed by atoms with E-state index in [1.54, 1.807) is 16.7 Å². The Balaban J connectivity index is 1.79. The van der Waals surface area contributed by atoms with Crippen LogP contribution in [0, 0.1) is 16.7 Å². The van der Waals surface area contributed by atoms with Gasteiger partial charge in [-0.15, -0.1) is 0 Å². The van der Waals surface area contributed by atoms with E-state index in [0.29, 0.717) is 16.1 Å². The van der Waals surface area contributed by atoms with Crippen molar-refractivity contribution in [2.45, 2.75) is 97.2 Å². The minimum absolute atomic E-state index is 0.456. The summed E-state index contributed by atoms with van der Waals surface area (Å²) >= 11 is 4.64. The fraction of sp³-hybridized carbons (Fsp3) is 0.692. The lowest BCUT2D eigenvalue weighted by Gasteiger charge is -2.50. The van der Waals surface area contributed by atoms with E-state index >= 15 is 0 Å². The van der Waals surface area contributed by atoms with Crippen molar-refractivity contribution in [3.63, 3.8) is 0 Å². The van der Waals surface area contributed by atoms with Gasteiger partial charge in [-0.2, -0.15) is 12.6 Å². The van der Waals surface area contributed by atoms with E-state index in [9.17, 15) is 0 Å². The van der Waals surface area contributed by atoms with Crippen molar-refractivity contribution in [1.29, 1.82) is 0 Å². The molecule has 0 heterocycles. The number of hydrogen-bond donors (Lipinski definition) is 1. The van der Waals surface area contributed by atoms with Gasteiger partial charge in [0.1, 0.15) is 0 Å². The molecule has 1 aromatic carbocycles. The minimum Gasteiger partial charge on any atom is -0.176 e. The summed E-state index contributed by atoms with van der Waals surface area (Å²) in [6, 6.07) is 7.13. The zero-order valence-electron chi connectivity index (χ0n) is 18.1. The number of fused-ring (bicyclic) bond motifs is 2. The molecular formula is C26H40S. The molecule has 0 aromatic heterocycles. The second-order valence-electron chi connectivity index (χ2n) is 10.0. The highest BCUT2D eigenvalue weighted by atomic mass is 32.1. The number of benzene rings is 1. The highest BCUT2D eigenvalue weighted by Gasteiger charge is 2.55. The van der Waals surface area contributed by atoms with Gasteiger partial charge in [0, 0.05) is 0 Å². The fourth-order valence-corrected chi connectivity index (χ4v) is 6.10. The maximum absolute atomic E-state index is 4.64. The Labute approximate surface area is 173 Å². The molecule has 0 nitrogen and oxygen atoms in total. The lowest BCUT2D eigenvalue weighted by molar-refractivity contribution is 0.0505. The zero-order valence-corrected chi connectivity index (χ0v) is 19.0. The molecule has 1 fully saturated rings. The molecule has 0 amide bonds. The van der Waals surface area contributed by atoms with Crippen LogP contribution >= 0.6 is 12.6 Å². The second-order valence-corrected chi connectivity index (χ2v) is 10.9. The molecular weight excluding hydrogens is 344 g/mol. The first kappa shape index (κ1) is 21.0. The molecule has 0 radical (unpaired) electrons. The summed E-state index contributed by atoms with van der Waals surface area (Å²) in [6.07, 6.45) is 12.8. The molecule has 0 bridgehead atoms. The molecule has 150 valence electrons. The summed E-state index contributed by atoms with van der Waals surface area (Å²) in [7, 11) is 0. The highest BCUT2D eigenvalue weighted by molar-refractivity contribution is 7.80. The van der Waals surface area contributed by atoms with Crippen molar-refractivity contribution in [2.24, 2.45) is 16.7 Å². The smallest absolute Gasteiger partial charge is 0.00115 e. The maximum atomic E-state index is 4.64. The predicted octanol–water partition coefficient (Wildman–Crippen LogP) is 7.60. The molecule has 0 saturated heterocycles. The van der Waals surface area contributed by atoms with Gasteiger partial charge in [0.15, 0.2) is 0 Å². The summed E-state index contributed by atoms with van der Waals surface area (Å²) < 4.78 is 0. The third kappa shape index (κ3) is 4.19. The van der Waals surface area contributed by atoms with Crippen LogP contribution in [0.5, 0.6) is 0 Å². The second kappa shape index (κ2) is 8.36. The number of allylic oxidation sites excluding steroid dienone is 1. The molecule has 0 unspecified atom stereocenters. The summed E-state index contributed by atoms with van der Waals surface area (Å²) in [5, 5.41) is 0.529. The molecule has 0 N–H and O–H groups in total. The van der Waals surface area contributed by atoms with E-state index in [1.807, 2.05) is 0 Å². The molecule has 1 heteroatoms. The Bertz CT molecular complexity index is 673. The van der Waals surface area contributed by atoms with Crippen LogP contribution in [0.15, 0.2) is 30.4 Å². The Kier molecular flexibility index (Phi) is 6.51. The number of thiol groups is 1. The van der Waals surface area contributed by atoms with Gasteiger partial charge < -0.3 is 0 Å². The van der Waals surface area contributed by atoms with Crippen LogP contribution < -0.4 is 0 Å². The van der Waals surface area contributed by atoms with Gasteiger partial charge in [-0.3, -0.25) is 0 Å². The first-order valence-corrected chi connectivity index (χ1v) is 11.7. The van der Waals surface area contributed by atoms with Crippen LogP contribution in [0.25, 0.3) is 0 Å².